The van der Waals surface area contributed by atoms with Crippen molar-refractivity contribution in [2.45, 2.75) is 11.4 Å². The molecule has 6 nitrogen and oxygen atoms in total. The Kier molecular flexibility index (Phi) is 5.77. The lowest BCUT2D eigenvalue weighted by molar-refractivity contribution is -0.138. The van der Waals surface area contributed by atoms with Crippen molar-refractivity contribution in [1.29, 1.82) is 0 Å². The van der Waals surface area contributed by atoms with Gasteiger partial charge in [0.25, 0.3) is 0 Å². The number of benzene rings is 1. The van der Waals surface area contributed by atoms with Gasteiger partial charge in [-0.25, -0.2) is 0 Å². The quantitative estimate of drug-likeness (QED) is 0.807. The van der Waals surface area contributed by atoms with Crippen LogP contribution < -0.4 is 10.1 Å². The molecule has 2 heterocycles. The van der Waals surface area contributed by atoms with Crippen LogP contribution in [0.5, 0.6) is 5.75 Å². The predicted octanol–water partition coefficient (Wildman–Crippen LogP) is 1.19. The van der Waals surface area contributed by atoms with Crippen molar-refractivity contribution < 1.29 is 19.4 Å². The van der Waals surface area contributed by atoms with Gasteiger partial charge in [-0.05, 0) is 6.07 Å². The van der Waals surface area contributed by atoms with E-state index in [1.807, 2.05) is 24.3 Å². The lowest BCUT2D eigenvalue weighted by atomic mass is 10.2. The summed E-state index contributed by atoms with van der Waals surface area (Å²) >= 11 is 1.61. The van der Waals surface area contributed by atoms with E-state index < -0.39 is 12.0 Å². The largest absolute Gasteiger partial charge is 0.492 e. The minimum atomic E-state index is -0.800. The van der Waals surface area contributed by atoms with Crippen molar-refractivity contribution in [1.82, 2.24) is 10.2 Å². The highest BCUT2D eigenvalue weighted by Crippen LogP contribution is 2.37. The zero-order chi connectivity index (χ0) is 16.1. The van der Waals surface area contributed by atoms with Crippen LogP contribution in [-0.4, -0.2) is 67.2 Å². The van der Waals surface area contributed by atoms with Gasteiger partial charge < -0.3 is 14.6 Å². The second kappa shape index (κ2) is 8.01. The van der Waals surface area contributed by atoms with Gasteiger partial charge in [0.2, 0.25) is 0 Å². The SMILES string of the molecule is O=C(O)C1CSC(c2ccccc2OCCN2CCOCC2)N1. The monoisotopic (exact) mass is 338 g/mol. The van der Waals surface area contributed by atoms with Crippen LogP contribution in [0, 0.1) is 0 Å². The van der Waals surface area contributed by atoms with Gasteiger partial charge in [0.1, 0.15) is 18.4 Å². The Morgan fingerprint density at radius 3 is 2.91 bits per heavy atom. The smallest absolute Gasteiger partial charge is 0.321 e. The Labute approximate surface area is 140 Å². The highest BCUT2D eigenvalue weighted by molar-refractivity contribution is 7.99. The maximum Gasteiger partial charge on any atom is 0.321 e. The highest BCUT2D eigenvalue weighted by Gasteiger charge is 2.31. The molecule has 0 amide bonds. The lowest BCUT2D eigenvalue weighted by Gasteiger charge is -2.26. The maximum absolute atomic E-state index is 11.1. The van der Waals surface area contributed by atoms with Crippen LogP contribution in [0.15, 0.2) is 24.3 Å². The molecule has 1 aromatic rings. The molecule has 2 saturated heterocycles. The number of hydrogen-bond donors (Lipinski definition) is 2. The number of thioether (sulfide) groups is 1. The van der Waals surface area contributed by atoms with Crippen molar-refractivity contribution in [3.8, 4) is 5.75 Å². The summed E-state index contributed by atoms with van der Waals surface area (Å²) in [7, 11) is 0. The molecule has 23 heavy (non-hydrogen) atoms. The number of para-hydroxylation sites is 1. The van der Waals surface area contributed by atoms with Gasteiger partial charge in [0.15, 0.2) is 0 Å². The normalized spacial score (nSPS) is 25.4. The number of ether oxygens (including phenoxy) is 2. The third-order valence-electron chi connectivity index (χ3n) is 4.05. The zero-order valence-electron chi connectivity index (χ0n) is 12.9. The lowest BCUT2D eigenvalue weighted by Crippen LogP contribution is -2.38. The summed E-state index contributed by atoms with van der Waals surface area (Å²) in [6, 6.07) is 7.36. The molecule has 0 aliphatic carbocycles. The minimum Gasteiger partial charge on any atom is -0.492 e. The second-order valence-corrected chi connectivity index (χ2v) is 6.75. The fourth-order valence-corrected chi connectivity index (χ4v) is 3.99. The molecule has 2 atom stereocenters. The van der Waals surface area contributed by atoms with Crippen molar-refractivity contribution >= 4 is 17.7 Å². The molecule has 2 N–H and O–H groups in total. The Hall–Kier alpha value is -1.28. The summed E-state index contributed by atoms with van der Waals surface area (Å²) in [6.07, 6.45) is 0. The third kappa shape index (κ3) is 4.38. The predicted molar refractivity (Wildman–Crippen MR) is 89.0 cm³/mol. The third-order valence-corrected chi connectivity index (χ3v) is 5.30. The van der Waals surface area contributed by atoms with E-state index >= 15 is 0 Å². The number of aliphatic carboxylic acids is 1. The zero-order valence-corrected chi connectivity index (χ0v) is 13.8. The van der Waals surface area contributed by atoms with E-state index in [1.54, 1.807) is 11.8 Å². The Morgan fingerprint density at radius 2 is 2.17 bits per heavy atom. The second-order valence-electron chi connectivity index (χ2n) is 5.61. The molecule has 3 rings (SSSR count). The van der Waals surface area contributed by atoms with Crippen LogP contribution >= 0.6 is 11.8 Å². The van der Waals surface area contributed by atoms with Crippen LogP contribution in [0.1, 0.15) is 10.9 Å². The van der Waals surface area contributed by atoms with Gasteiger partial charge >= 0.3 is 5.97 Å². The molecule has 0 saturated carbocycles. The Bertz CT molecular complexity index is 537. The van der Waals surface area contributed by atoms with E-state index in [4.69, 9.17) is 14.6 Å². The van der Waals surface area contributed by atoms with Crippen LogP contribution in [0.2, 0.25) is 0 Å². The highest BCUT2D eigenvalue weighted by atomic mass is 32.2. The molecule has 1 aromatic carbocycles. The summed E-state index contributed by atoms with van der Waals surface area (Å²) in [5.41, 5.74) is 1.02. The van der Waals surface area contributed by atoms with Crippen molar-refractivity contribution in [2.24, 2.45) is 0 Å². The minimum absolute atomic E-state index is 0.0318. The molecule has 0 aromatic heterocycles. The van der Waals surface area contributed by atoms with E-state index in [1.165, 1.54) is 0 Å². The number of rotatable bonds is 6. The van der Waals surface area contributed by atoms with Gasteiger partial charge in [-0.2, -0.15) is 0 Å². The molecule has 0 radical (unpaired) electrons. The summed E-state index contributed by atoms with van der Waals surface area (Å²) in [4.78, 5) is 13.4. The summed E-state index contributed by atoms with van der Waals surface area (Å²) in [6.45, 7) is 4.97. The number of carboxylic acid groups (broad SMARTS) is 1. The number of nitrogens with zero attached hydrogens (tertiary/aromatic N) is 1. The van der Waals surface area contributed by atoms with Crippen LogP contribution in [0.4, 0.5) is 0 Å². The van der Waals surface area contributed by atoms with Gasteiger partial charge in [0, 0.05) is 31.0 Å². The number of carboxylic acids is 1. The molecule has 0 bridgehead atoms. The number of nitrogens with one attached hydrogen (secondary N) is 1. The summed E-state index contributed by atoms with van der Waals surface area (Å²) in [5.74, 6) is 0.602. The topological polar surface area (TPSA) is 71.0 Å². The molecule has 2 aliphatic heterocycles. The van der Waals surface area contributed by atoms with E-state index in [-0.39, 0.29) is 5.37 Å². The van der Waals surface area contributed by atoms with Crippen molar-refractivity contribution in [3.63, 3.8) is 0 Å². The molecule has 126 valence electrons. The molecule has 2 unspecified atom stereocenters. The van der Waals surface area contributed by atoms with Crippen molar-refractivity contribution in [2.75, 3.05) is 45.2 Å². The summed E-state index contributed by atoms with van der Waals surface area (Å²) < 4.78 is 11.3. The van der Waals surface area contributed by atoms with E-state index in [9.17, 15) is 4.79 Å². The van der Waals surface area contributed by atoms with Gasteiger partial charge in [-0.1, -0.05) is 18.2 Å². The molecule has 7 heteroatoms. The molecule has 2 fully saturated rings. The first kappa shape index (κ1) is 16.6. The van der Waals surface area contributed by atoms with E-state index in [2.05, 4.69) is 10.2 Å². The average molecular weight is 338 g/mol. The van der Waals surface area contributed by atoms with Gasteiger partial charge in [-0.15, -0.1) is 11.8 Å². The first-order valence-corrected chi connectivity index (χ1v) is 8.91. The van der Waals surface area contributed by atoms with Gasteiger partial charge in [-0.3, -0.25) is 15.0 Å². The summed E-state index contributed by atoms with van der Waals surface area (Å²) in [5, 5.41) is 12.2. The standard InChI is InChI=1S/C16H22N2O4S/c19-16(20)13-11-23-15(17-13)12-3-1-2-4-14(12)22-10-7-18-5-8-21-9-6-18/h1-4,13,15,17H,5-11H2,(H,19,20). The fourth-order valence-electron chi connectivity index (χ4n) is 2.73. The van der Waals surface area contributed by atoms with Crippen LogP contribution in [0.3, 0.4) is 0 Å². The Morgan fingerprint density at radius 1 is 1.39 bits per heavy atom. The van der Waals surface area contributed by atoms with Crippen molar-refractivity contribution in [3.05, 3.63) is 29.8 Å². The Balaban J connectivity index is 1.56. The fraction of sp³-hybridized carbons (Fsp3) is 0.562. The van der Waals surface area contributed by atoms with Crippen LogP contribution in [-0.2, 0) is 9.53 Å². The van der Waals surface area contributed by atoms with E-state index in [0.717, 1.165) is 44.2 Å². The number of morpholine rings is 1. The average Bonchev–Trinajstić information content (AvgIpc) is 3.06. The first-order valence-electron chi connectivity index (χ1n) is 7.86. The van der Waals surface area contributed by atoms with E-state index in [0.29, 0.717) is 12.4 Å². The molecule has 2 aliphatic rings. The maximum atomic E-state index is 11.1. The number of carbonyl (C=O) groups is 1. The molecule has 0 spiro atoms. The molecular formula is C16H22N2O4S. The van der Waals surface area contributed by atoms with Crippen LogP contribution in [0.25, 0.3) is 0 Å². The van der Waals surface area contributed by atoms with Gasteiger partial charge in [0.05, 0.1) is 18.6 Å². The molecular weight excluding hydrogens is 316 g/mol. The first-order chi connectivity index (χ1) is 11.2. The number of hydrogen-bond acceptors (Lipinski definition) is 6.